The molecule has 0 aliphatic heterocycles. The molecule has 4 nitrogen and oxygen atoms in total. The van der Waals surface area contributed by atoms with E-state index in [9.17, 15) is 9.59 Å². The van der Waals surface area contributed by atoms with Crippen LogP contribution < -0.4 is 0 Å². The number of carbonyl (C=O) groups excluding carboxylic acids is 2. The summed E-state index contributed by atoms with van der Waals surface area (Å²) in [5.74, 6) is 0.0660. The molecule has 0 rings (SSSR count). The predicted molar refractivity (Wildman–Crippen MR) is 63.1 cm³/mol. The van der Waals surface area contributed by atoms with Crippen molar-refractivity contribution >= 4 is 12.0 Å². The van der Waals surface area contributed by atoms with Crippen LogP contribution >= 0.6 is 0 Å². The van der Waals surface area contributed by atoms with Gasteiger partial charge in [0, 0.05) is 12.5 Å². The van der Waals surface area contributed by atoms with Crippen molar-refractivity contribution in [3.05, 3.63) is 0 Å². The third kappa shape index (κ3) is 5.14. The first-order chi connectivity index (χ1) is 7.25. The molecule has 0 fully saturated rings. The van der Waals surface area contributed by atoms with Gasteiger partial charge in [-0.3, -0.25) is 4.79 Å². The Bertz CT molecular complexity index is 225. The molecule has 0 bridgehead atoms. The minimum absolute atomic E-state index is 0.169. The Hall–Kier alpha value is -1.06. The topological polar surface area (TPSA) is 46.6 Å². The second-order valence-corrected chi connectivity index (χ2v) is 4.89. The molecule has 0 saturated heterocycles. The zero-order valence-electron chi connectivity index (χ0n) is 11.1. The lowest BCUT2D eigenvalue weighted by Crippen LogP contribution is -2.43. The van der Waals surface area contributed by atoms with Crippen molar-refractivity contribution < 1.29 is 14.3 Å². The third-order valence-corrected chi connectivity index (χ3v) is 1.90. The van der Waals surface area contributed by atoms with Gasteiger partial charge in [-0.25, -0.2) is 9.69 Å². The van der Waals surface area contributed by atoms with Gasteiger partial charge in [0.2, 0.25) is 5.91 Å². The van der Waals surface area contributed by atoms with Crippen LogP contribution in [0.25, 0.3) is 0 Å². The molecule has 4 heteroatoms. The Kier molecular flexibility index (Phi) is 6.08. The van der Waals surface area contributed by atoms with E-state index in [4.69, 9.17) is 4.74 Å². The first-order valence-electron chi connectivity index (χ1n) is 5.78. The molecule has 0 aromatic carbocycles. The first kappa shape index (κ1) is 14.9. The van der Waals surface area contributed by atoms with Gasteiger partial charge in [0.25, 0.3) is 0 Å². The second-order valence-electron chi connectivity index (χ2n) is 4.89. The fraction of sp³-hybridized carbons (Fsp3) is 0.833. The van der Waals surface area contributed by atoms with Crippen LogP contribution in [0.2, 0.25) is 0 Å². The van der Waals surface area contributed by atoms with Crippen LogP contribution in [-0.4, -0.2) is 29.0 Å². The quantitative estimate of drug-likeness (QED) is 0.744. The lowest BCUT2D eigenvalue weighted by molar-refractivity contribution is -0.131. The van der Waals surface area contributed by atoms with Gasteiger partial charge in [-0.15, -0.1) is 0 Å². The van der Waals surface area contributed by atoms with Gasteiger partial charge in [-0.05, 0) is 33.6 Å². The number of hydrogen-bond donors (Lipinski definition) is 0. The van der Waals surface area contributed by atoms with E-state index < -0.39 is 6.09 Å². The first-order valence-corrected chi connectivity index (χ1v) is 5.78. The number of rotatable bonds is 4. The van der Waals surface area contributed by atoms with Crippen LogP contribution in [0.1, 0.15) is 48.0 Å². The van der Waals surface area contributed by atoms with Crippen molar-refractivity contribution in [2.45, 2.75) is 60.1 Å². The number of amides is 2. The average molecular weight is 229 g/mol. The highest BCUT2D eigenvalue weighted by atomic mass is 16.6. The van der Waals surface area contributed by atoms with Crippen LogP contribution in [0.5, 0.6) is 0 Å². The van der Waals surface area contributed by atoms with Gasteiger partial charge in [-0.1, -0.05) is 13.8 Å². The minimum atomic E-state index is -0.546. The Balaban J connectivity index is 4.60. The SMILES string of the molecule is CC(C)CC(=O)N(C(=O)OC(C)C)C(C)C. The largest absolute Gasteiger partial charge is 0.446 e. The van der Waals surface area contributed by atoms with Gasteiger partial charge in [0.1, 0.15) is 0 Å². The molecule has 0 unspecified atom stereocenters. The summed E-state index contributed by atoms with van der Waals surface area (Å²) in [6.45, 7) is 11.0. The van der Waals surface area contributed by atoms with E-state index in [0.717, 1.165) is 0 Å². The highest BCUT2D eigenvalue weighted by Crippen LogP contribution is 2.10. The van der Waals surface area contributed by atoms with Gasteiger partial charge in [-0.2, -0.15) is 0 Å². The number of nitrogens with zero attached hydrogens (tertiary/aromatic N) is 1. The number of imide groups is 1. The van der Waals surface area contributed by atoms with E-state index in [1.165, 1.54) is 4.90 Å². The Morgan fingerprint density at radius 3 is 1.88 bits per heavy atom. The normalized spacial score (nSPS) is 11.1. The molecule has 0 aromatic heterocycles. The molecule has 0 aromatic rings. The van der Waals surface area contributed by atoms with Crippen LogP contribution in [0.4, 0.5) is 4.79 Å². The van der Waals surface area contributed by atoms with E-state index in [-0.39, 0.29) is 24.0 Å². The summed E-state index contributed by atoms with van der Waals surface area (Å²) >= 11 is 0. The van der Waals surface area contributed by atoms with Crippen molar-refractivity contribution in [3.8, 4) is 0 Å². The summed E-state index contributed by atoms with van der Waals surface area (Å²) in [6.07, 6.45) is -0.387. The lowest BCUT2D eigenvalue weighted by Gasteiger charge is -2.25. The summed E-state index contributed by atoms with van der Waals surface area (Å²) in [6, 6.07) is -0.169. The second kappa shape index (κ2) is 6.51. The summed E-state index contributed by atoms with van der Waals surface area (Å²) in [5.41, 5.74) is 0. The third-order valence-electron chi connectivity index (χ3n) is 1.90. The molecule has 0 heterocycles. The van der Waals surface area contributed by atoms with E-state index >= 15 is 0 Å². The maximum absolute atomic E-state index is 11.8. The van der Waals surface area contributed by atoms with Crippen LogP contribution in [-0.2, 0) is 9.53 Å². The van der Waals surface area contributed by atoms with Gasteiger partial charge in [0.15, 0.2) is 0 Å². The Morgan fingerprint density at radius 2 is 1.56 bits per heavy atom. The molecule has 0 atom stereocenters. The minimum Gasteiger partial charge on any atom is -0.446 e. The Morgan fingerprint density at radius 1 is 1.06 bits per heavy atom. The van der Waals surface area contributed by atoms with Crippen molar-refractivity contribution in [2.24, 2.45) is 5.92 Å². The fourth-order valence-corrected chi connectivity index (χ4v) is 1.31. The van der Waals surface area contributed by atoms with Crippen LogP contribution in [0.3, 0.4) is 0 Å². The van der Waals surface area contributed by atoms with Gasteiger partial charge < -0.3 is 4.74 Å². The molecule has 2 amide bonds. The van der Waals surface area contributed by atoms with Crippen LogP contribution in [0, 0.1) is 5.92 Å². The molecule has 94 valence electrons. The summed E-state index contributed by atoms with van der Waals surface area (Å²) < 4.78 is 5.04. The zero-order valence-corrected chi connectivity index (χ0v) is 11.1. The molecule has 0 aliphatic rings. The molecule has 0 radical (unpaired) electrons. The highest BCUT2D eigenvalue weighted by Gasteiger charge is 2.26. The van der Waals surface area contributed by atoms with Crippen molar-refractivity contribution in [2.75, 3.05) is 0 Å². The lowest BCUT2D eigenvalue weighted by atomic mass is 10.1. The number of ether oxygens (including phenoxy) is 1. The maximum atomic E-state index is 11.8. The molecule has 0 aliphatic carbocycles. The standard InChI is InChI=1S/C12H23NO3/c1-8(2)7-11(14)13(9(3)4)12(15)16-10(5)6/h8-10H,7H2,1-6H3. The summed E-state index contributed by atoms with van der Waals surface area (Å²) in [7, 11) is 0. The van der Waals surface area contributed by atoms with E-state index in [2.05, 4.69) is 0 Å². The molecule has 16 heavy (non-hydrogen) atoms. The molecule has 0 saturated carbocycles. The molecular formula is C12H23NO3. The predicted octanol–water partition coefficient (Wildman–Crippen LogP) is 2.81. The van der Waals surface area contributed by atoms with Gasteiger partial charge in [0.05, 0.1) is 6.10 Å². The molecule has 0 N–H and O–H groups in total. The maximum Gasteiger partial charge on any atom is 0.417 e. The van der Waals surface area contributed by atoms with E-state index in [0.29, 0.717) is 6.42 Å². The van der Waals surface area contributed by atoms with Crippen molar-refractivity contribution in [1.29, 1.82) is 0 Å². The van der Waals surface area contributed by atoms with Crippen molar-refractivity contribution in [3.63, 3.8) is 0 Å². The zero-order chi connectivity index (χ0) is 12.9. The summed E-state index contributed by atoms with van der Waals surface area (Å²) in [4.78, 5) is 24.7. The number of carbonyl (C=O) groups is 2. The summed E-state index contributed by atoms with van der Waals surface area (Å²) in [5, 5.41) is 0. The van der Waals surface area contributed by atoms with Crippen LogP contribution in [0.15, 0.2) is 0 Å². The Labute approximate surface area is 98.0 Å². The average Bonchev–Trinajstić information content (AvgIpc) is 1.98. The van der Waals surface area contributed by atoms with E-state index in [1.807, 2.05) is 13.8 Å². The highest BCUT2D eigenvalue weighted by molar-refractivity contribution is 5.92. The molecular weight excluding hydrogens is 206 g/mol. The monoisotopic (exact) mass is 229 g/mol. The fourth-order valence-electron chi connectivity index (χ4n) is 1.31. The molecule has 0 spiro atoms. The van der Waals surface area contributed by atoms with E-state index in [1.54, 1.807) is 27.7 Å². The van der Waals surface area contributed by atoms with Gasteiger partial charge >= 0.3 is 6.09 Å². The number of hydrogen-bond acceptors (Lipinski definition) is 3. The van der Waals surface area contributed by atoms with Crippen molar-refractivity contribution in [1.82, 2.24) is 4.90 Å². The smallest absolute Gasteiger partial charge is 0.417 e.